The summed E-state index contributed by atoms with van der Waals surface area (Å²) in [4.78, 5) is 34.6. The predicted octanol–water partition coefficient (Wildman–Crippen LogP) is 2.66. The number of anilines is 1. The Hall–Kier alpha value is -2.83. The zero-order valence-corrected chi connectivity index (χ0v) is 21.8. The highest BCUT2D eigenvalue weighted by molar-refractivity contribution is 7.47. The summed E-state index contributed by atoms with van der Waals surface area (Å²) < 4.78 is 44.9. The molecule has 0 saturated carbocycles. The van der Waals surface area contributed by atoms with Gasteiger partial charge in [0.15, 0.2) is 0 Å². The first-order chi connectivity index (χ1) is 18.2. The molecule has 1 aliphatic heterocycles. The molecular formula is C23H28N3O10P2+. The molecule has 38 heavy (non-hydrogen) atoms. The van der Waals surface area contributed by atoms with Gasteiger partial charge in [-0.1, -0.05) is 60.7 Å². The molecule has 5 atom stereocenters. The van der Waals surface area contributed by atoms with E-state index in [4.69, 9.17) is 34.0 Å². The smallest absolute Gasteiger partial charge is 0.392 e. The van der Waals surface area contributed by atoms with E-state index in [1.807, 2.05) is 30.3 Å². The van der Waals surface area contributed by atoms with E-state index in [0.29, 0.717) is 5.56 Å². The van der Waals surface area contributed by atoms with Gasteiger partial charge in [-0.05, 0) is 17.2 Å². The normalized spacial score (nSPS) is 20.7. The van der Waals surface area contributed by atoms with E-state index in [9.17, 15) is 18.8 Å². The summed E-state index contributed by atoms with van der Waals surface area (Å²) in [6, 6.07) is 19.6. The molecule has 2 heterocycles. The quantitative estimate of drug-likeness (QED) is 0.262. The van der Waals surface area contributed by atoms with Crippen molar-refractivity contribution in [2.24, 2.45) is 0 Å². The number of aromatic nitrogens is 2. The first kappa shape index (κ1) is 29.7. The second-order valence-electron chi connectivity index (χ2n) is 7.96. The Kier molecular flexibility index (Phi) is 11.2. The molecule has 4 rings (SSSR count). The molecule has 15 heteroatoms. The minimum absolute atomic E-state index is 0.00175. The van der Waals surface area contributed by atoms with Gasteiger partial charge in [-0.2, -0.15) is 4.98 Å². The van der Waals surface area contributed by atoms with Crippen LogP contribution in [-0.4, -0.2) is 43.3 Å². The lowest BCUT2D eigenvalue weighted by molar-refractivity contribution is -0.0432. The molecule has 3 aromatic rings. The highest BCUT2D eigenvalue weighted by Crippen LogP contribution is 2.45. The molecule has 0 amide bonds. The Morgan fingerprint density at radius 2 is 1.71 bits per heavy atom. The van der Waals surface area contributed by atoms with Gasteiger partial charge in [-0.25, -0.2) is 9.36 Å². The SMILES string of the molecule is Nc1ccn([C@H]2C[C@H](O[P+](=O)O)[C@@H](COP(=O)(O)OCc3ccccc3)O2)c(=O)n1.OCc1ccccc1. The van der Waals surface area contributed by atoms with Crippen molar-refractivity contribution in [2.45, 2.75) is 38.1 Å². The molecule has 2 aromatic carbocycles. The second-order valence-corrected chi connectivity index (χ2v) is 10.1. The molecule has 13 nitrogen and oxygen atoms in total. The average Bonchev–Trinajstić information content (AvgIpc) is 3.29. The van der Waals surface area contributed by atoms with Crippen molar-refractivity contribution in [1.82, 2.24) is 9.55 Å². The van der Waals surface area contributed by atoms with Crippen LogP contribution in [0.5, 0.6) is 0 Å². The average molecular weight is 568 g/mol. The highest BCUT2D eigenvalue weighted by atomic mass is 31.2. The third-order valence-electron chi connectivity index (χ3n) is 5.23. The fraction of sp³-hybridized carbons (Fsp3) is 0.304. The topological polar surface area (TPSA) is 193 Å². The van der Waals surface area contributed by atoms with Crippen LogP contribution in [0.4, 0.5) is 5.82 Å². The number of hydrogen-bond donors (Lipinski definition) is 4. The number of phosphoric acid groups is 1. The first-order valence-electron chi connectivity index (χ1n) is 11.3. The van der Waals surface area contributed by atoms with Gasteiger partial charge in [-0.3, -0.25) is 13.6 Å². The standard InChI is InChI=1S/C16H19N3O9P2.C7H8O/c17-14-6-7-19(16(20)18-14)15-8-12(28-29(21)22)13(27-15)10-26-30(23,24)25-9-11-4-2-1-3-5-11;8-6-7-4-2-1-3-5-7/h1-7,12-13,15H,8-10H2,(H3-,17,18,20,21,22,23,24);1-5,8H,6H2/p+1/t12-,13+,15+;/m0./s1. The van der Waals surface area contributed by atoms with Gasteiger partial charge in [0.1, 0.15) is 24.3 Å². The number of aliphatic hydroxyl groups excluding tert-OH is 1. The third kappa shape index (κ3) is 9.48. The maximum atomic E-state index is 12.1. The molecule has 1 saturated heterocycles. The Bertz CT molecular complexity index is 1280. The van der Waals surface area contributed by atoms with Crippen LogP contribution >= 0.6 is 16.1 Å². The van der Waals surface area contributed by atoms with Gasteiger partial charge in [0, 0.05) is 17.2 Å². The molecule has 2 unspecified atom stereocenters. The van der Waals surface area contributed by atoms with Crippen molar-refractivity contribution in [3.63, 3.8) is 0 Å². The summed E-state index contributed by atoms with van der Waals surface area (Å²) in [5.41, 5.74) is 6.40. The third-order valence-corrected chi connectivity index (χ3v) is 6.61. The Morgan fingerprint density at radius 1 is 1.08 bits per heavy atom. The largest absolute Gasteiger partial charge is 0.695 e. The molecule has 0 radical (unpaired) electrons. The molecule has 1 fully saturated rings. The Morgan fingerprint density at radius 3 is 2.26 bits per heavy atom. The first-order valence-corrected chi connectivity index (χ1v) is 13.9. The molecule has 5 N–H and O–H groups in total. The van der Waals surface area contributed by atoms with E-state index in [-0.39, 0.29) is 25.5 Å². The summed E-state index contributed by atoms with van der Waals surface area (Å²) >= 11 is 0. The maximum absolute atomic E-state index is 12.1. The number of nitrogen functional groups attached to an aromatic ring is 1. The predicted molar refractivity (Wildman–Crippen MR) is 136 cm³/mol. The van der Waals surface area contributed by atoms with Crippen molar-refractivity contribution in [1.29, 1.82) is 0 Å². The number of benzene rings is 2. The number of aliphatic hydroxyl groups is 1. The van der Waals surface area contributed by atoms with Crippen LogP contribution in [0.1, 0.15) is 23.8 Å². The van der Waals surface area contributed by atoms with E-state index >= 15 is 0 Å². The van der Waals surface area contributed by atoms with Crippen LogP contribution in [0.15, 0.2) is 77.7 Å². The van der Waals surface area contributed by atoms with Gasteiger partial charge in [-0.15, -0.1) is 9.42 Å². The van der Waals surface area contributed by atoms with E-state index in [2.05, 4.69) is 4.98 Å². The van der Waals surface area contributed by atoms with E-state index < -0.39 is 46.8 Å². The lowest BCUT2D eigenvalue weighted by Crippen LogP contribution is -2.28. The number of hydrogen-bond acceptors (Lipinski definition) is 10. The van der Waals surface area contributed by atoms with Gasteiger partial charge >= 0.3 is 21.8 Å². The summed E-state index contributed by atoms with van der Waals surface area (Å²) in [6.45, 7) is -0.497. The van der Waals surface area contributed by atoms with Crippen LogP contribution in [0.25, 0.3) is 0 Å². The van der Waals surface area contributed by atoms with Crippen molar-refractivity contribution in [2.75, 3.05) is 12.3 Å². The lowest BCUT2D eigenvalue weighted by atomic mass is 10.2. The number of nitrogens with two attached hydrogens (primary N) is 1. The van der Waals surface area contributed by atoms with Crippen LogP contribution in [0.2, 0.25) is 0 Å². The van der Waals surface area contributed by atoms with Gasteiger partial charge in [0.2, 0.25) is 0 Å². The summed E-state index contributed by atoms with van der Waals surface area (Å²) in [5, 5.41) is 8.54. The van der Waals surface area contributed by atoms with Crippen molar-refractivity contribution < 1.29 is 42.3 Å². The monoisotopic (exact) mass is 568 g/mol. The Balaban J connectivity index is 0.000000427. The summed E-state index contributed by atoms with van der Waals surface area (Å²) in [7, 11) is -7.43. The zero-order chi connectivity index (χ0) is 27.5. The fourth-order valence-corrected chi connectivity index (χ4v) is 4.59. The van der Waals surface area contributed by atoms with E-state index in [1.54, 1.807) is 30.3 Å². The number of nitrogens with zero attached hydrogens (tertiary/aromatic N) is 2. The van der Waals surface area contributed by atoms with Crippen LogP contribution in [0.3, 0.4) is 0 Å². The minimum atomic E-state index is -4.45. The molecule has 1 aliphatic rings. The molecule has 0 spiro atoms. The molecule has 1 aromatic heterocycles. The van der Waals surface area contributed by atoms with E-state index in [0.717, 1.165) is 10.1 Å². The van der Waals surface area contributed by atoms with Crippen LogP contribution in [-0.2, 0) is 40.7 Å². The number of rotatable bonds is 10. The van der Waals surface area contributed by atoms with Gasteiger partial charge in [0.05, 0.1) is 19.8 Å². The summed E-state index contributed by atoms with van der Waals surface area (Å²) in [6.07, 6.45) is -1.55. The molecular weight excluding hydrogens is 540 g/mol. The van der Waals surface area contributed by atoms with Gasteiger partial charge < -0.3 is 20.5 Å². The highest BCUT2D eigenvalue weighted by Gasteiger charge is 2.44. The summed E-state index contributed by atoms with van der Waals surface area (Å²) in [5.74, 6) is 0.0251. The zero-order valence-electron chi connectivity index (χ0n) is 20.1. The molecule has 0 bridgehead atoms. The van der Waals surface area contributed by atoms with Gasteiger partial charge in [0.25, 0.3) is 0 Å². The maximum Gasteiger partial charge on any atom is 0.695 e. The fourth-order valence-electron chi connectivity index (χ4n) is 3.41. The Labute approximate surface area is 219 Å². The van der Waals surface area contributed by atoms with E-state index in [1.165, 1.54) is 12.3 Å². The number of ether oxygens (including phenoxy) is 1. The number of phosphoric ester groups is 1. The van der Waals surface area contributed by atoms with Crippen molar-refractivity contribution in [3.05, 3.63) is 94.5 Å². The van der Waals surface area contributed by atoms with Crippen LogP contribution in [0, 0.1) is 0 Å². The second kappa shape index (κ2) is 14.4. The minimum Gasteiger partial charge on any atom is -0.392 e. The molecule has 0 aliphatic carbocycles. The van der Waals surface area contributed by atoms with Crippen molar-refractivity contribution in [3.8, 4) is 0 Å². The lowest BCUT2D eigenvalue weighted by Gasteiger charge is -2.18. The van der Waals surface area contributed by atoms with Crippen LogP contribution < -0.4 is 11.4 Å². The van der Waals surface area contributed by atoms with Crippen molar-refractivity contribution >= 4 is 21.9 Å². The molecule has 204 valence electrons.